The number of ether oxygens (including phenoxy) is 1. The van der Waals surface area contributed by atoms with Crippen LogP contribution in [0.3, 0.4) is 0 Å². The Bertz CT molecular complexity index is 843. The Balaban J connectivity index is 2.05. The van der Waals surface area contributed by atoms with E-state index in [4.69, 9.17) is 16.3 Å². The zero-order chi connectivity index (χ0) is 17.3. The van der Waals surface area contributed by atoms with Crippen molar-refractivity contribution in [1.29, 1.82) is 0 Å². The van der Waals surface area contributed by atoms with Gasteiger partial charge in [0.15, 0.2) is 12.0 Å². The van der Waals surface area contributed by atoms with E-state index in [1.54, 1.807) is 30.3 Å². The SMILES string of the molecule is CCC1Oc2c(cc(Cl)cc2S(=O)(=O)Nc2ccccc2)NC1O. The first-order valence-corrected chi connectivity index (χ1v) is 9.29. The van der Waals surface area contributed by atoms with E-state index >= 15 is 0 Å². The van der Waals surface area contributed by atoms with Crippen molar-refractivity contribution in [3.05, 3.63) is 47.5 Å². The lowest BCUT2D eigenvalue weighted by Crippen LogP contribution is -2.41. The van der Waals surface area contributed by atoms with Gasteiger partial charge in [0.05, 0.1) is 5.69 Å². The van der Waals surface area contributed by atoms with Crippen molar-refractivity contribution in [1.82, 2.24) is 0 Å². The maximum Gasteiger partial charge on any atom is 0.265 e. The summed E-state index contributed by atoms with van der Waals surface area (Å²) in [4.78, 5) is -0.0771. The molecule has 2 aromatic rings. The van der Waals surface area contributed by atoms with Gasteiger partial charge in [-0.2, -0.15) is 0 Å². The van der Waals surface area contributed by atoms with Crippen molar-refractivity contribution in [3.8, 4) is 5.75 Å². The molecule has 2 aromatic carbocycles. The number of sulfonamides is 1. The summed E-state index contributed by atoms with van der Waals surface area (Å²) in [5.74, 6) is 0.153. The van der Waals surface area contributed by atoms with Crippen LogP contribution >= 0.6 is 11.6 Å². The van der Waals surface area contributed by atoms with Crippen molar-refractivity contribution in [3.63, 3.8) is 0 Å². The minimum atomic E-state index is -3.91. The van der Waals surface area contributed by atoms with Crippen molar-refractivity contribution >= 4 is 33.0 Å². The molecule has 2 atom stereocenters. The minimum Gasteiger partial charge on any atom is -0.482 e. The third-order valence-electron chi connectivity index (χ3n) is 3.66. The molecule has 1 aliphatic rings. The highest BCUT2D eigenvalue weighted by Crippen LogP contribution is 2.40. The molecule has 0 spiro atoms. The van der Waals surface area contributed by atoms with Gasteiger partial charge >= 0.3 is 0 Å². The van der Waals surface area contributed by atoms with E-state index in [1.807, 2.05) is 6.92 Å². The van der Waals surface area contributed by atoms with Crippen LogP contribution in [0.25, 0.3) is 0 Å². The summed E-state index contributed by atoms with van der Waals surface area (Å²) in [5.41, 5.74) is 0.773. The summed E-state index contributed by atoms with van der Waals surface area (Å²) >= 11 is 6.04. The van der Waals surface area contributed by atoms with Gasteiger partial charge in [-0.25, -0.2) is 8.42 Å². The zero-order valence-electron chi connectivity index (χ0n) is 12.9. The molecular weight excluding hydrogens is 352 g/mol. The number of benzene rings is 2. The lowest BCUT2D eigenvalue weighted by Gasteiger charge is -2.32. The standard InChI is InChI=1S/C16H17ClN2O4S/c1-2-13-16(20)18-12-8-10(17)9-14(15(12)23-13)24(21,22)19-11-6-4-3-5-7-11/h3-9,13,16,18-20H,2H2,1H3. The molecule has 2 unspecified atom stereocenters. The largest absolute Gasteiger partial charge is 0.482 e. The number of aliphatic hydroxyl groups excluding tert-OH is 1. The van der Waals surface area contributed by atoms with Crippen LogP contribution in [0.2, 0.25) is 5.02 Å². The van der Waals surface area contributed by atoms with E-state index < -0.39 is 22.4 Å². The molecule has 1 aliphatic heterocycles. The molecule has 6 nitrogen and oxygen atoms in total. The maximum absolute atomic E-state index is 12.8. The van der Waals surface area contributed by atoms with E-state index in [0.29, 0.717) is 17.8 Å². The molecule has 128 valence electrons. The number of hydrogen-bond donors (Lipinski definition) is 3. The summed E-state index contributed by atoms with van der Waals surface area (Å²) in [6.45, 7) is 1.84. The fraction of sp³-hybridized carbons (Fsp3) is 0.250. The Kier molecular flexibility index (Phi) is 4.58. The Hall–Kier alpha value is -1.96. The Morgan fingerprint density at radius 1 is 1.29 bits per heavy atom. The molecule has 1 heterocycles. The van der Waals surface area contributed by atoms with Crippen LogP contribution in [0.5, 0.6) is 5.75 Å². The van der Waals surface area contributed by atoms with E-state index in [9.17, 15) is 13.5 Å². The molecule has 0 amide bonds. The first-order valence-electron chi connectivity index (χ1n) is 7.43. The number of fused-ring (bicyclic) bond motifs is 1. The van der Waals surface area contributed by atoms with Gasteiger partial charge in [0.2, 0.25) is 0 Å². The van der Waals surface area contributed by atoms with Crippen LogP contribution in [0.15, 0.2) is 47.4 Å². The predicted molar refractivity (Wildman–Crippen MR) is 93.0 cm³/mol. The second-order valence-electron chi connectivity index (χ2n) is 5.41. The third-order valence-corrected chi connectivity index (χ3v) is 5.27. The Morgan fingerprint density at radius 2 is 2.00 bits per heavy atom. The van der Waals surface area contributed by atoms with Gasteiger partial charge in [-0.3, -0.25) is 4.72 Å². The summed E-state index contributed by atoms with van der Waals surface area (Å²) in [6.07, 6.45) is -0.968. The first-order chi connectivity index (χ1) is 11.4. The maximum atomic E-state index is 12.8. The molecule has 8 heteroatoms. The van der Waals surface area contributed by atoms with Gasteiger partial charge < -0.3 is 15.2 Å². The average Bonchev–Trinajstić information content (AvgIpc) is 2.54. The van der Waals surface area contributed by atoms with Gasteiger partial charge in [-0.15, -0.1) is 0 Å². The van der Waals surface area contributed by atoms with Gasteiger partial charge in [-0.05, 0) is 30.7 Å². The number of hydrogen-bond acceptors (Lipinski definition) is 5. The average molecular weight is 369 g/mol. The molecule has 0 radical (unpaired) electrons. The Morgan fingerprint density at radius 3 is 2.67 bits per heavy atom. The van der Waals surface area contributed by atoms with Crippen LogP contribution < -0.4 is 14.8 Å². The summed E-state index contributed by atoms with van der Waals surface area (Å²) in [5, 5.41) is 13.0. The molecule has 3 N–H and O–H groups in total. The highest BCUT2D eigenvalue weighted by molar-refractivity contribution is 7.92. The second-order valence-corrected chi connectivity index (χ2v) is 7.49. The summed E-state index contributed by atoms with van der Waals surface area (Å²) in [7, 11) is -3.91. The number of aliphatic hydroxyl groups is 1. The van der Waals surface area contributed by atoms with Crippen molar-refractivity contribution in [2.75, 3.05) is 10.0 Å². The summed E-state index contributed by atoms with van der Waals surface area (Å²) in [6, 6.07) is 11.4. The van der Waals surface area contributed by atoms with E-state index in [-0.39, 0.29) is 15.7 Å². The van der Waals surface area contributed by atoms with E-state index in [0.717, 1.165) is 0 Å². The fourth-order valence-electron chi connectivity index (χ4n) is 2.49. The number of para-hydroxylation sites is 1. The van der Waals surface area contributed by atoms with E-state index in [1.165, 1.54) is 12.1 Å². The highest BCUT2D eigenvalue weighted by atomic mass is 35.5. The number of anilines is 2. The fourth-order valence-corrected chi connectivity index (χ4v) is 4.01. The number of nitrogens with one attached hydrogen (secondary N) is 2. The van der Waals surface area contributed by atoms with E-state index in [2.05, 4.69) is 10.0 Å². The monoisotopic (exact) mass is 368 g/mol. The van der Waals surface area contributed by atoms with Crippen LogP contribution in [0.1, 0.15) is 13.3 Å². The first kappa shape index (κ1) is 16.9. The second kappa shape index (κ2) is 6.51. The number of rotatable bonds is 4. The normalized spacial score (nSPS) is 19.8. The molecule has 24 heavy (non-hydrogen) atoms. The zero-order valence-corrected chi connectivity index (χ0v) is 14.4. The van der Waals surface area contributed by atoms with Crippen molar-refractivity contribution in [2.24, 2.45) is 0 Å². The van der Waals surface area contributed by atoms with Crippen LogP contribution in [0.4, 0.5) is 11.4 Å². The topological polar surface area (TPSA) is 87.7 Å². The molecule has 0 fully saturated rings. The molecule has 0 aromatic heterocycles. The van der Waals surface area contributed by atoms with Crippen molar-refractivity contribution in [2.45, 2.75) is 30.6 Å². The molecule has 0 bridgehead atoms. The molecular formula is C16H17ClN2O4S. The lowest BCUT2D eigenvalue weighted by atomic mass is 10.1. The smallest absolute Gasteiger partial charge is 0.265 e. The summed E-state index contributed by atoms with van der Waals surface area (Å²) < 4.78 is 33.7. The third kappa shape index (κ3) is 3.28. The minimum absolute atomic E-state index is 0.0771. The van der Waals surface area contributed by atoms with Crippen LogP contribution in [-0.2, 0) is 10.0 Å². The molecule has 0 saturated carbocycles. The quantitative estimate of drug-likeness (QED) is 0.772. The van der Waals surface area contributed by atoms with Gasteiger partial charge in [0.1, 0.15) is 11.0 Å². The predicted octanol–water partition coefficient (Wildman–Crippen LogP) is 3.04. The molecule has 0 saturated heterocycles. The van der Waals surface area contributed by atoms with Crippen molar-refractivity contribution < 1.29 is 18.3 Å². The van der Waals surface area contributed by atoms with Gasteiger partial charge in [-0.1, -0.05) is 36.7 Å². The number of halogens is 1. The van der Waals surface area contributed by atoms with Gasteiger partial charge in [0.25, 0.3) is 10.0 Å². The highest BCUT2D eigenvalue weighted by Gasteiger charge is 2.32. The Labute approximate surface area is 145 Å². The van der Waals surface area contributed by atoms with Gasteiger partial charge in [0, 0.05) is 10.7 Å². The van der Waals surface area contributed by atoms with Crippen LogP contribution in [-0.4, -0.2) is 25.9 Å². The molecule has 0 aliphatic carbocycles. The molecule has 3 rings (SSSR count). The van der Waals surface area contributed by atoms with Crippen LogP contribution in [0, 0.1) is 0 Å². The lowest BCUT2D eigenvalue weighted by molar-refractivity contribution is 0.0408.